The number of carbonyl (C=O) groups excluding carboxylic acids is 2. The number of nitrogens with zero attached hydrogens (tertiary/aromatic N) is 5. The van der Waals surface area contributed by atoms with Gasteiger partial charge in [0.25, 0.3) is 11.8 Å². The zero-order chi connectivity index (χ0) is 22.9. The fourth-order valence-electron chi connectivity index (χ4n) is 4.20. The van der Waals surface area contributed by atoms with E-state index in [-0.39, 0.29) is 30.3 Å². The number of rotatable bonds is 3. The van der Waals surface area contributed by atoms with Crippen molar-refractivity contribution in [3.63, 3.8) is 0 Å². The molecule has 0 spiro atoms. The third-order valence-electron chi connectivity index (χ3n) is 6.19. The molecule has 2 amide bonds. The van der Waals surface area contributed by atoms with Gasteiger partial charge in [0.2, 0.25) is 0 Å². The van der Waals surface area contributed by atoms with E-state index in [1.807, 2.05) is 31.2 Å². The van der Waals surface area contributed by atoms with Crippen LogP contribution >= 0.6 is 0 Å². The van der Waals surface area contributed by atoms with Crippen molar-refractivity contribution in [1.29, 1.82) is 0 Å². The van der Waals surface area contributed by atoms with Crippen molar-refractivity contribution in [1.82, 2.24) is 24.8 Å². The van der Waals surface area contributed by atoms with Crippen molar-refractivity contribution in [2.45, 2.75) is 26.2 Å². The van der Waals surface area contributed by atoms with E-state index in [1.165, 1.54) is 29.8 Å². The van der Waals surface area contributed by atoms with Crippen LogP contribution in [0.3, 0.4) is 0 Å². The summed E-state index contributed by atoms with van der Waals surface area (Å²) in [5, 5.41) is 8.35. The van der Waals surface area contributed by atoms with Gasteiger partial charge in [-0.15, -0.1) is 5.10 Å². The lowest BCUT2D eigenvalue weighted by molar-refractivity contribution is -0.00203. The molecule has 3 heterocycles. The highest BCUT2D eigenvalue weighted by Crippen LogP contribution is 2.27. The number of carbonyl (C=O) groups is 2. The molecule has 1 atom stereocenters. The largest absolute Gasteiger partial charge is 0.365 e. The van der Waals surface area contributed by atoms with Crippen LogP contribution < -0.4 is 0 Å². The number of aromatic nitrogens is 3. The van der Waals surface area contributed by atoms with E-state index in [9.17, 15) is 14.0 Å². The van der Waals surface area contributed by atoms with Crippen LogP contribution in [-0.2, 0) is 17.9 Å². The normalized spacial score (nSPS) is 18.2. The van der Waals surface area contributed by atoms with E-state index in [1.54, 1.807) is 14.5 Å². The summed E-state index contributed by atoms with van der Waals surface area (Å²) in [7, 11) is 0. The van der Waals surface area contributed by atoms with Crippen LogP contribution in [0, 0.1) is 12.7 Å². The van der Waals surface area contributed by atoms with Crippen LogP contribution in [0.5, 0.6) is 0 Å². The van der Waals surface area contributed by atoms with Crippen molar-refractivity contribution < 1.29 is 18.7 Å². The van der Waals surface area contributed by atoms with Gasteiger partial charge < -0.3 is 14.5 Å². The molecular formula is C24H24FN5O3. The Kier molecular flexibility index (Phi) is 5.63. The molecule has 5 rings (SSSR count). The summed E-state index contributed by atoms with van der Waals surface area (Å²) in [5.41, 5.74) is 3.66. The Morgan fingerprint density at radius 3 is 2.24 bits per heavy atom. The van der Waals surface area contributed by atoms with Crippen LogP contribution in [-0.4, -0.2) is 62.8 Å². The number of benzene rings is 2. The Labute approximate surface area is 190 Å². The first-order chi connectivity index (χ1) is 16.0. The first-order valence-electron chi connectivity index (χ1n) is 10.9. The van der Waals surface area contributed by atoms with Crippen LogP contribution in [0.4, 0.5) is 4.39 Å². The molecule has 1 aromatic heterocycles. The quantitative estimate of drug-likeness (QED) is 0.614. The van der Waals surface area contributed by atoms with E-state index in [0.717, 1.165) is 5.56 Å². The predicted molar refractivity (Wildman–Crippen MR) is 117 cm³/mol. The maximum absolute atomic E-state index is 13.1. The van der Waals surface area contributed by atoms with Crippen LogP contribution in [0.2, 0.25) is 0 Å². The molecule has 0 saturated carbocycles. The lowest BCUT2D eigenvalue weighted by atomic mass is 10.1. The summed E-state index contributed by atoms with van der Waals surface area (Å²) in [5.74, 6) is -0.755. The summed E-state index contributed by atoms with van der Waals surface area (Å²) in [4.78, 5) is 29.1. The van der Waals surface area contributed by atoms with Gasteiger partial charge in [0.05, 0.1) is 18.8 Å². The number of piperazine rings is 1. The average molecular weight is 449 g/mol. The van der Waals surface area contributed by atoms with Crippen molar-refractivity contribution in [2.24, 2.45) is 0 Å². The van der Waals surface area contributed by atoms with Crippen LogP contribution in [0.1, 0.15) is 43.8 Å². The molecule has 2 aliphatic rings. The second-order valence-corrected chi connectivity index (χ2v) is 8.37. The lowest BCUT2D eigenvalue weighted by Gasteiger charge is -2.34. The zero-order valence-electron chi connectivity index (χ0n) is 18.3. The molecule has 9 heteroatoms. The van der Waals surface area contributed by atoms with Gasteiger partial charge in [-0.1, -0.05) is 35.0 Å². The van der Waals surface area contributed by atoms with Gasteiger partial charge in [0.1, 0.15) is 11.9 Å². The monoisotopic (exact) mass is 449 g/mol. The number of hydrogen-bond donors (Lipinski definition) is 0. The molecule has 33 heavy (non-hydrogen) atoms. The highest BCUT2D eigenvalue weighted by atomic mass is 19.1. The third-order valence-corrected chi connectivity index (χ3v) is 6.19. The molecule has 0 radical (unpaired) electrons. The molecule has 0 bridgehead atoms. The Morgan fingerprint density at radius 2 is 1.58 bits per heavy atom. The molecule has 170 valence electrons. The zero-order valence-corrected chi connectivity index (χ0v) is 18.3. The Morgan fingerprint density at radius 1 is 0.939 bits per heavy atom. The minimum absolute atomic E-state index is 0.135. The lowest BCUT2D eigenvalue weighted by Crippen LogP contribution is -2.50. The van der Waals surface area contributed by atoms with Gasteiger partial charge in [-0.3, -0.25) is 9.59 Å². The summed E-state index contributed by atoms with van der Waals surface area (Å²) >= 11 is 0. The van der Waals surface area contributed by atoms with E-state index in [4.69, 9.17) is 4.74 Å². The molecular weight excluding hydrogens is 425 g/mol. The maximum atomic E-state index is 13.1. The Balaban J connectivity index is 1.22. The summed E-state index contributed by atoms with van der Waals surface area (Å²) < 4.78 is 20.9. The molecule has 2 aliphatic heterocycles. The molecule has 0 N–H and O–H groups in total. The highest BCUT2D eigenvalue weighted by Gasteiger charge is 2.32. The van der Waals surface area contributed by atoms with Crippen LogP contribution in [0.15, 0.2) is 48.5 Å². The van der Waals surface area contributed by atoms with E-state index >= 15 is 0 Å². The molecule has 1 saturated heterocycles. The van der Waals surface area contributed by atoms with Gasteiger partial charge in [-0.2, -0.15) is 0 Å². The fraction of sp³-hybridized carbons (Fsp3) is 0.333. The summed E-state index contributed by atoms with van der Waals surface area (Å²) in [6.07, 6.45) is -0.135. The summed E-state index contributed by atoms with van der Waals surface area (Å²) in [6, 6.07) is 13.7. The molecule has 0 aliphatic carbocycles. The second-order valence-electron chi connectivity index (χ2n) is 8.37. The highest BCUT2D eigenvalue weighted by molar-refractivity contribution is 5.95. The van der Waals surface area contributed by atoms with E-state index < -0.39 is 0 Å². The number of fused-ring (bicyclic) bond motifs is 1. The van der Waals surface area contributed by atoms with Gasteiger partial charge >= 0.3 is 0 Å². The van der Waals surface area contributed by atoms with E-state index in [2.05, 4.69) is 10.3 Å². The Bertz CT molecular complexity index is 1170. The topological polar surface area (TPSA) is 80.6 Å². The van der Waals surface area contributed by atoms with Gasteiger partial charge in [0.15, 0.2) is 5.69 Å². The maximum Gasteiger partial charge on any atom is 0.276 e. The number of hydrogen-bond acceptors (Lipinski definition) is 5. The van der Waals surface area contributed by atoms with Gasteiger partial charge in [-0.25, -0.2) is 9.07 Å². The standard InChI is InChI=1S/C24H24FN5O3/c1-16-2-4-17(5-3-16)21-14-30-20(15-33-21)22(26-27-30)24(32)29-12-10-28(11-13-29)23(31)18-6-8-19(25)9-7-18/h2-9,21H,10-15H2,1H3/t21-/m0/s1. The molecule has 1 fully saturated rings. The van der Waals surface area contributed by atoms with E-state index in [0.29, 0.717) is 49.7 Å². The number of aryl methyl sites for hydroxylation is 1. The number of amides is 2. The van der Waals surface area contributed by atoms with Crippen molar-refractivity contribution in [3.05, 3.63) is 82.4 Å². The molecule has 8 nitrogen and oxygen atoms in total. The van der Waals surface area contributed by atoms with Gasteiger partial charge in [-0.05, 0) is 36.8 Å². The van der Waals surface area contributed by atoms with Crippen molar-refractivity contribution in [2.75, 3.05) is 26.2 Å². The molecule has 3 aromatic rings. The van der Waals surface area contributed by atoms with Crippen molar-refractivity contribution in [3.8, 4) is 0 Å². The smallest absolute Gasteiger partial charge is 0.276 e. The second kappa shape index (κ2) is 8.74. The predicted octanol–water partition coefficient (Wildman–Crippen LogP) is 2.60. The molecule has 2 aromatic carbocycles. The number of halogens is 1. The minimum Gasteiger partial charge on any atom is -0.365 e. The average Bonchev–Trinajstić information content (AvgIpc) is 3.27. The first kappa shape index (κ1) is 21.3. The van der Waals surface area contributed by atoms with Crippen LogP contribution in [0.25, 0.3) is 0 Å². The fourth-order valence-corrected chi connectivity index (χ4v) is 4.20. The minimum atomic E-state index is -0.381. The third kappa shape index (κ3) is 4.23. The summed E-state index contributed by atoms with van der Waals surface area (Å²) in [6.45, 7) is 4.39. The molecule has 0 unspecified atom stereocenters. The Hall–Kier alpha value is -3.59. The number of ether oxygens (including phenoxy) is 1. The first-order valence-corrected chi connectivity index (χ1v) is 10.9. The van der Waals surface area contributed by atoms with Crippen molar-refractivity contribution >= 4 is 11.8 Å². The van der Waals surface area contributed by atoms with Gasteiger partial charge in [0, 0.05) is 31.7 Å². The SMILES string of the molecule is Cc1ccc([C@@H]2Cn3nnc(C(=O)N4CCN(C(=O)c5ccc(F)cc5)CC4)c3CO2)cc1.